The number of ether oxygens (including phenoxy) is 2. The Labute approximate surface area is 297 Å². The number of methoxy groups -OCH3 is 1. The zero-order valence-corrected chi connectivity index (χ0v) is 28.4. The number of nitrogens with zero attached hydrogens (tertiary/aromatic N) is 6. The molecule has 0 saturated heterocycles. The van der Waals surface area contributed by atoms with Crippen LogP contribution in [-0.4, -0.2) is 44.3 Å². The van der Waals surface area contributed by atoms with Gasteiger partial charge in [-0.25, -0.2) is 9.97 Å². The summed E-state index contributed by atoms with van der Waals surface area (Å²) in [4.78, 5) is 9.68. The summed E-state index contributed by atoms with van der Waals surface area (Å²) in [5.74, 6) is 0.774. The molecule has 5 rings (SSSR count). The fourth-order valence-electron chi connectivity index (χ4n) is 5.45. The first-order valence-electron chi connectivity index (χ1n) is 16.0. The third-order valence-corrected chi connectivity index (χ3v) is 8.10. The lowest BCUT2D eigenvalue weighted by atomic mass is 9.92. The number of tetrazole rings is 1. The van der Waals surface area contributed by atoms with Gasteiger partial charge in [0.25, 0.3) is 0 Å². The van der Waals surface area contributed by atoms with Crippen LogP contribution in [0.25, 0.3) is 11.1 Å². The van der Waals surface area contributed by atoms with Crippen LogP contribution in [-0.2, 0) is 38.0 Å². The van der Waals surface area contributed by atoms with Crippen molar-refractivity contribution in [1.29, 1.82) is 0 Å². The Morgan fingerprint density at radius 1 is 0.755 bits per heavy atom. The van der Waals surface area contributed by atoms with Crippen LogP contribution in [0.2, 0.25) is 0 Å². The molecule has 0 saturated carbocycles. The van der Waals surface area contributed by atoms with Crippen LogP contribution in [0.3, 0.4) is 0 Å². The average molecular weight is 754 g/mol. The van der Waals surface area contributed by atoms with Gasteiger partial charge in [-0.05, 0) is 77.1 Å². The lowest BCUT2D eigenvalue weighted by Crippen LogP contribution is -2.25. The van der Waals surface area contributed by atoms with Crippen LogP contribution in [0, 0.1) is 0 Å². The molecule has 0 fully saturated rings. The molecule has 0 amide bonds. The van der Waals surface area contributed by atoms with Crippen LogP contribution in [0.1, 0.15) is 65.4 Å². The number of nitrogens with one attached hydrogen (secondary N) is 1. The first-order chi connectivity index (χ1) is 24.9. The van der Waals surface area contributed by atoms with Crippen LogP contribution < -0.4 is 14.4 Å². The van der Waals surface area contributed by atoms with Gasteiger partial charge < -0.3 is 14.4 Å². The molecule has 0 atom stereocenters. The Hall–Kier alpha value is -5.42. The molecular weight excluding hydrogens is 721 g/mol. The van der Waals surface area contributed by atoms with Crippen molar-refractivity contribution in [2.75, 3.05) is 18.6 Å². The highest BCUT2D eigenvalue weighted by Gasteiger charge is 2.37. The average Bonchev–Trinajstić information content (AvgIpc) is 3.62. The second kappa shape index (κ2) is 15.7. The monoisotopic (exact) mass is 753 g/mol. The zero-order chi connectivity index (χ0) is 38.6. The first-order valence-corrected chi connectivity index (χ1v) is 16.0. The molecule has 0 aliphatic heterocycles. The van der Waals surface area contributed by atoms with Gasteiger partial charge in [0.2, 0.25) is 5.95 Å². The molecule has 282 valence electrons. The van der Waals surface area contributed by atoms with Gasteiger partial charge in [0.15, 0.2) is 11.6 Å². The summed E-state index contributed by atoms with van der Waals surface area (Å²) in [7, 11) is 1.39. The van der Waals surface area contributed by atoms with Crippen molar-refractivity contribution >= 4 is 5.95 Å². The maximum atomic E-state index is 14.1. The number of aryl methyl sites for hydroxylation is 1. The summed E-state index contributed by atoms with van der Waals surface area (Å²) in [6.45, 7) is 2.89. The minimum Gasteiger partial charge on any atom is -0.496 e. The van der Waals surface area contributed by atoms with E-state index in [-0.39, 0.29) is 41.4 Å². The predicted molar refractivity (Wildman–Crippen MR) is 174 cm³/mol. The maximum absolute atomic E-state index is 14.1. The third-order valence-electron chi connectivity index (χ3n) is 8.10. The smallest absolute Gasteiger partial charge is 0.416 e. The van der Waals surface area contributed by atoms with E-state index in [2.05, 4.69) is 30.6 Å². The molecule has 18 heteroatoms. The Kier molecular flexibility index (Phi) is 11.5. The van der Waals surface area contributed by atoms with Crippen molar-refractivity contribution in [3.63, 3.8) is 0 Å². The number of aromatic nitrogens is 6. The molecule has 1 N–H and O–H groups in total. The SMILES string of the molecule is COc1ccc(C(C)C)cc1-c1ccc(C(F)(F)F)cc1CN(Cc1cc(C(F)(F)F)cc(C(F)(F)F)c1)c1ncc(OCCCc2nn[nH]n2)cn1. The van der Waals surface area contributed by atoms with Crippen LogP contribution in [0.4, 0.5) is 45.5 Å². The molecule has 2 aromatic heterocycles. The van der Waals surface area contributed by atoms with Gasteiger partial charge in [-0.1, -0.05) is 31.2 Å². The van der Waals surface area contributed by atoms with E-state index in [1.807, 2.05) is 13.8 Å². The van der Waals surface area contributed by atoms with E-state index in [0.29, 0.717) is 42.1 Å². The molecule has 0 radical (unpaired) electrons. The number of aromatic amines is 1. The zero-order valence-electron chi connectivity index (χ0n) is 28.4. The van der Waals surface area contributed by atoms with E-state index in [0.717, 1.165) is 17.7 Å². The molecule has 0 bridgehead atoms. The number of H-pyrrole nitrogens is 1. The molecule has 9 nitrogen and oxygen atoms in total. The molecule has 2 heterocycles. The van der Waals surface area contributed by atoms with E-state index in [9.17, 15) is 39.5 Å². The minimum atomic E-state index is -5.13. The minimum absolute atomic E-state index is 0.00589. The molecule has 3 aromatic carbocycles. The summed E-state index contributed by atoms with van der Waals surface area (Å²) in [6, 6.07) is 9.31. The van der Waals surface area contributed by atoms with E-state index in [1.54, 1.807) is 18.2 Å². The van der Waals surface area contributed by atoms with Crippen LogP contribution in [0.5, 0.6) is 11.5 Å². The molecular formula is C35H32F9N7O2. The van der Waals surface area contributed by atoms with Crippen molar-refractivity contribution in [2.45, 2.75) is 64.2 Å². The lowest BCUT2D eigenvalue weighted by molar-refractivity contribution is -0.143. The highest BCUT2D eigenvalue weighted by atomic mass is 19.4. The second-order valence-corrected chi connectivity index (χ2v) is 12.3. The van der Waals surface area contributed by atoms with Crippen LogP contribution >= 0.6 is 0 Å². The van der Waals surface area contributed by atoms with E-state index < -0.39 is 53.9 Å². The van der Waals surface area contributed by atoms with Crippen molar-refractivity contribution < 1.29 is 49.0 Å². The molecule has 0 aliphatic rings. The number of halogens is 9. The van der Waals surface area contributed by atoms with Crippen molar-refractivity contribution in [1.82, 2.24) is 30.6 Å². The Morgan fingerprint density at radius 3 is 1.98 bits per heavy atom. The van der Waals surface area contributed by atoms with Crippen molar-refractivity contribution in [3.05, 3.63) is 106 Å². The quantitative estimate of drug-likeness (QED) is 0.0939. The normalized spacial score (nSPS) is 12.3. The number of hydrogen-bond acceptors (Lipinski definition) is 8. The van der Waals surface area contributed by atoms with Gasteiger partial charge in [-0.2, -0.15) is 44.7 Å². The number of alkyl halides is 9. The number of hydrogen-bond donors (Lipinski definition) is 1. The van der Waals surface area contributed by atoms with E-state index in [4.69, 9.17) is 9.47 Å². The van der Waals surface area contributed by atoms with E-state index >= 15 is 0 Å². The summed E-state index contributed by atoms with van der Waals surface area (Å²) < 4.78 is 136. The molecule has 0 unspecified atom stereocenters. The molecule has 0 aliphatic carbocycles. The third kappa shape index (κ3) is 9.92. The highest BCUT2D eigenvalue weighted by molar-refractivity contribution is 5.75. The van der Waals surface area contributed by atoms with E-state index in [1.165, 1.54) is 30.5 Å². The molecule has 53 heavy (non-hydrogen) atoms. The Balaban J connectivity index is 1.58. The number of anilines is 1. The highest BCUT2D eigenvalue weighted by Crippen LogP contribution is 2.40. The van der Waals surface area contributed by atoms with Gasteiger partial charge in [0, 0.05) is 25.1 Å². The molecule has 5 aromatic rings. The van der Waals surface area contributed by atoms with Crippen molar-refractivity contribution in [3.8, 4) is 22.6 Å². The summed E-state index contributed by atoms with van der Waals surface area (Å²) >= 11 is 0. The Bertz CT molecular complexity index is 1950. The van der Waals surface area contributed by atoms with Crippen LogP contribution in [0.15, 0.2) is 67.0 Å². The summed E-state index contributed by atoms with van der Waals surface area (Å²) in [6.07, 6.45) is -11.7. The lowest BCUT2D eigenvalue weighted by Gasteiger charge is -2.26. The van der Waals surface area contributed by atoms with Gasteiger partial charge in [0.05, 0.1) is 42.8 Å². The first kappa shape index (κ1) is 38.8. The predicted octanol–water partition coefficient (Wildman–Crippen LogP) is 9.06. The maximum Gasteiger partial charge on any atom is 0.416 e. The summed E-state index contributed by atoms with van der Waals surface area (Å²) in [5, 5.41) is 13.5. The Morgan fingerprint density at radius 2 is 1.42 bits per heavy atom. The van der Waals surface area contributed by atoms with Crippen molar-refractivity contribution in [2.24, 2.45) is 0 Å². The fraction of sp³-hybridized carbons (Fsp3) is 0.343. The van der Waals surface area contributed by atoms with Gasteiger partial charge in [-0.3, -0.25) is 0 Å². The topological polar surface area (TPSA) is 102 Å². The largest absolute Gasteiger partial charge is 0.496 e. The summed E-state index contributed by atoms with van der Waals surface area (Å²) in [5.41, 5.74) is -3.01. The van der Waals surface area contributed by atoms with Gasteiger partial charge in [0.1, 0.15) is 5.75 Å². The number of benzene rings is 3. The fourth-order valence-corrected chi connectivity index (χ4v) is 5.45. The standard InChI is InChI=1S/C35H32F9N7O2/c1-20(2)22-6-9-30(52-3)29(14-22)28-8-7-24(33(36,37)38)13-23(28)19-51(18-21-11-25(34(39,40)41)15-26(12-21)35(42,43)44)32-45-16-27(17-46-32)53-10-4-5-31-47-49-50-48-31/h6-9,11-17,20H,4-5,10,18-19H2,1-3H3,(H,47,48,49,50). The number of rotatable bonds is 13. The van der Waals surface area contributed by atoms with Gasteiger partial charge in [-0.15, -0.1) is 10.2 Å². The second-order valence-electron chi connectivity index (χ2n) is 12.3. The molecule has 0 spiro atoms. The van der Waals surface area contributed by atoms with Gasteiger partial charge >= 0.3 is 18.5 Å².